The molecular formula is C25H37ClN4O4. The first kappa shape index (κ1) is 26.6. The highest BCUT2D eigenvalue weighted by atomic mass is 35.5. The molecule has 1 aromatic carbocycles. The molecule has 2 fully saturated rings. The number of benzene rings is 1. The fraction of sp³-hybridized carbons (Fsp3) is 0.640. The van der Waals surface area contributed by atoms with E-state index in [2.05, 4.69) is 21.1 Å². The third-order valence-corrected chi connectivity index (χ3v) is 6.79. The van der Waals surface area contributed by atoms with Crippen LogP contribution in [0.25, 0.3) is 0 Å². The van der Waals surface area contributed by atoms with Gasteiger partial charge in [0.15, 0.2) is 0 Å². The molecule has 1 aliphatic heterocycles. The molecule has 3 N–H and O–H groups in total. The number of nitrogens with zero attached hydrogens (tertiary/aromatic N) is 1. The summed E-state index contributed by atoms with van der Waals surface area (Å²) >= 11 is 6.00. The molecule has 3 rings (SSSR count). The topological polar surface area (TPSA) is 99.8 Å². The number of nitrogens with one attached hydrogen (secondary N) is 3. The zero-order valence-corrected chi connectivity index (χ0v) is 20.8. The van der Waals surface area contributed by atoms with Gasteiger partial charge in [-0.3, -0.25) is 14.4 Å². The lowest BCUT2D eigenvalue weighted by Crippen LogP contribution is -2.66. The Balaban J connectivity index is 1.66. The van der Waals surface area contributed by atoms with Crippen molar-refractivity contribution in [2.24, 2.45) is 0 Å². The number of halogens is 1. The maximum atomic E-state index is 13.6. The van der Waals surface area contributed by atoms with E-state index in [1.54, 1.807) is 18.2 Å². The smallest absolute Gasteiger partial charge is 0.289 e. The number of rotatable bonds is 11. The number of hydrogen-bond acceptors (Lipinski definition) is 6. The Kier molecular flexibility index (Phi) is 10.3. The van der Waals surface area contributed by atoms with E-state index in [-0.39, 0.29) is 12.5 Å². The number of carbonyl (C=O) groups excluding carboxylic acids is 3. The monoisotopic (exact) mass is 492 g/mol. The number of ether oxygens (including phenoxy) is 1. The molecular weight excluding hydrogens is 456 g/mol. The molecule has 2 amide bonds. The van der Waals surface area contributed by atoms with E-state index in [0.29, 0.717) is 50.6 Å². The lowest BCUT2D eigenvalue weighted by Gasteiger charge is -2.42. The zero-order chi connectivity index (χ0) is 24.4. The van der Waals surface area contributed by atoms with Crippen LogP contribution in [0.4, 0.5) is 0 Å². The van der Waals surface area contributed by atoms with Crippen LogP contribution in [0.1, 0.15) is 63.9 Å². The van der Waals surface area contributed by atoms with Gasteiger partial charge in [0.25, 0.3) is 5.91 Å². The van der Waals surface area contributed by atoms with E-state index in [9.17, 15) is 14.4 Å². The Morgan fingerprint density at radius 2 is 1.88 bits per heavy atom. The summed E-state index contributed by atoms with van der Waals surface area (Å²) in [6.07, 6.45) is 6.40. The number of carbonyl (C=O) groups is 3. The first-order chi connectivity index (χ1) is 16.4. The van der Waals surface area contributed by atoms with Crippen molar-refractivity contribution in [3.05, 3.63) is 34.9 Å². The highest BCUT2D eigenvalue weighted by Gasteiger charge is 2.42. The second-order valence-corrected chi connectivity index (χ2v) is 9.64. The van der Waals surface area contributed by atoms with Gasteiger partial charge in [0.2, 0.25) is 11.7 Å². The molecule has 1 saturated heterocycles. The quantitative estimate of drug-likeness (QED) is 0.411. The third-order valence-electron chi connectivity index (χ3n) is 6.56. The largest absolute Gasteiger partial charge is 0.379 e. The Morgan fingerprint density at radius 3 is 2.56 bits per heavy atom. The Labute approximate surface area is 207 Å². The number of unbranched alkanes of at least 4 members (excludes halogenated alkanes) is 1. The molecule has 9 heteroatoms. The number of hydrogen-bond donors (Lipinski definition) is 3. The van der Waals surface area contributed by atoms with Gasteiger partial charge in [-0.1, -0.05) is 62.8 Å². The van der Waals surface area contributed by atoms with Crippen LogP contribution in [0.3, 0.4) is 0 Å². The van der Waals surface area contributed by atoms with E-state index in [1.165, 1.54) is 0 Å². The number of ketones is 1. The van der Waals surface area contributed by atoms with E-state index in [0.717, 1.165) is 37.7 Å². The molecule has 0 radical (unpaired) electrons. The van der Waals surface area contributed by atoms with Crippen molar-refractivity contribution in [2.45, 2.75) is 76.4 Å². The molecule has 0 spiro atoms. The van der Waals surface area contributed by atoms with Gasteiger partial charge in [0, 0.05) is 24.7 Å². The molecule has 0 aromatic heterocycles. The predicted octanol–water partition coefficient (Wildman–Crippen LogP) is 2.74. The minimum atomic E-state index is -0.850. The lowest BCUT2D eigenvalue weighted by molar-refractivity contribution is -0.142. The minimum Gasteiger partial charge on any atom is -0.379 e. The van der Waals surface area contributed by atoms with Crippen LogP contribution < -0.4 is 16.1 Å². The van der Waals surface area contributed by atoms with Crippen LogP contribution in [0.2, 0.25) is 5.02 Å². The van der Waals surface area contributed by atoms with E-state index < -0.39 is 23.3 Å². The van der Waals surface area contributed by atoms with Gasteiger partial charge >= 0.3 is 0 Å². The van der Waals surface area contributed by atoms with Gasteiger partial charge in [0.05, 0.1) is 19.3 Å². The summed E-state index contributed by atoms with van der Waals surface area (Å²) in [5.74, 6) is -1.50. The normalized spacial score (nSPS) is 19.2. The average molecular weight is 493 g/mol. The highest BCUT2D eigenvalue weighted by molar-refractivity contribution is 6.38. The molecule has 8 nitrogen and oxygen atoms in total. The van der Waals surface area contributed by atoms with Crippen molar-refractivity contribution in [1.82, 2.24) is 21.1 Å². The van der Waals surface area contributed by atoms with Crippen molar-refractivity contribution in [1.29, 1.82) is 0 Å². The molecule has 188 valence electrons. The molecule has 34 heavy (non-hydrogen) atoms. The van der Waals surface area contributed by atoms with Crippen LogP contribution >= 0.6 is 11.6 Å². The molecule has 1 saturated carbocycles. The summed E-state index contributed by atoms with van der Waals surface area (Å²) in [7, 11) is 0. The van der Waals surface area contributed by atoms with Crippen molar-refractivity contribution in [2.75, 3.05) is 26.3 Å². The van der Waals surface area contributed by atoms with Crippen LogP contribution in [0.15, 0.2) is 24.3 Å². The van der Waals surface area contributed by atoms with Gasteiger partial charge in [-0.2, -0.15) is 0 Å². The van der Waals surface area contributed by atoms with Crippen molar-refractivity contribution in [3.8, 4) is 0 Å². The number of Topliss-reactive ketones (excluding diaryl/α,β-unsaturated/α-hetero) is 1. The number of hydrazine groups is 1. The van der Waals surface area contributed by atoms with Crippen LogP contribution in [-0.4, -0.2) is 60.5 Å². The molecule has 1 aliphatic carbocycles. The summed E-state index contributed by atoms with van der Waals surface area (Å²) in [6, 6.07) is 6.27. The Morgan fingerprint density at radius 1 is 1.15 bits per heavy atom. The zero-order valence-electron chi connectivity index (χ0n) is 20.0. The molecule has 1 aromatic rings. The third kappa shape index (κ3) is 7.50. The average Bonchev–Trinajstić information content (AvgIpc) is 2.85. The van der Waals surface area contributed by atoms with E-state index in [4.69, 9.17) is 16.3 Å². The van der Waals surface area contributed by atoms with Gasteiger partial charge in [-0.15, -0.1) is 0 Å². The van der Waals surface area contributed by atoms with Crippen molar-refractivity contribution in [3.63, 3.8) is 0 Å². The maximum Gasteiger partial charge on any atom is 0.289 e. The SMILES string of the molecule is CCCC[C@H](NC(=O)C1(NN2CCOCC2)CCCCC1)C(=O)C(=O)NCc1cccc(Cl)c1. The molecule has 2 aliphatic rings. The summed E-state index contributed by atoms with van der Waals surface area (Å²) in [5, 5.41) is 8.24. The molecule has 1 atom stereocenters. The van der Waals surface area contributed by atoms with Crippen LogP contribution in [-0.2, 0) is 25.7 Å². The van der Waals surface area contributed by atoms with Crippen LogP contribution in [0.5, 0.6) is 0 Å². The van der Waals surface area contributed by atoms with Crippen LogP contribution in [0, 0.1) is 0 Å². The second-order valence-electron chi connectivity index (χ2n) is 9.20. The molecule has 1 heterocycles. The number of morpholine rings is 1. The minimum absolute atomic E-state index is 0.197. The first-order valence-electron chi connectivity index (χ1n) is 12.4. The molecule has 0 bridgehead atoms. The molecule has 0 unspecified atom stereocenters. The fourth-order valence-corrected chi connectivity index (χ4v) is 4.78. The second kappa shape index (κ2) is 13.2. The van der Waals surface area contributed by atoms with E-state index >= 15 is 0 Å². The predicted molar refractivity (Wildman–Crippen MR) is 131 cm³/mol. The van der Waals surface area contributed by atoms with Gasteiger partial charge in [-0.05, 0) is 37.0 Å². The number of amides is 2. The summed E-state index contributed by atoms with van der Waals surface area (Å²) in [6.45, 7) is 4.87. The van der Waals surface area contributed by atoms with Gasteiger partial charge in [0.1, 0.15) is 5.54 Å². The first-order valence-corrected chi connectivity index (χ1v) is 12.8. The van der Waals surface area contributed by atoms with Crippen molar-refractivity contribution >= 4 is 29.2 Å². The maximum absolute atomic E-state index is 13.6. The lowest BCUT2D eigenvalue weighted by atomic mass is 9.81. The summed E-state index contributed by atoms with van der Waals surface area (Å²) in [4.78, 5) is 39.3. The fourth-order valence-electron chi connectivity index (χ4n) is 4.57. The standard InChI is InChI=1S/C25H37ClN4O4/c1-2-3-10-21(22(31)23(32)27-18-19-8-7-9-20(26)17-19)28-24(33)25(11-5-4-6-12-25)29-30-13-15-34-16-14-30/h7-9,17,21,29H,2-6,10-16,18H2,1H3,(H,27,32)(H,28,33)/t21-/m0/s1. The van der Waals surface area contributed by atoms with E-state index in [1.807, 2.05) is 13.0 Å². The van der Waals surface area contributed by atoms with Gasteiger partial charge in [-0.25, -0.2) is 10.4 Å². The highest BCUT2D eigenvalue weighted by Crippen LogP contribution is 2.29. The summed E-state index contributed by atoms with van der Waals surface area (Å²) < 4.78 is 5.43. The summed E-state index contributed by atoms with van der Waals surface area (Å²) in [5.41, 5.74) is 3.51. The Bertz CT molecular complexity index is 838. The Hall–Kier alpha value is -2.00. The van der Waals surface area contributed by atoms with Gasteiger partial charge < -0.3 is 15.4 Å². The van der Waals surface area contributed by atoms with Crippen molar-refractivity contribution < 1.29 is 19.1 Å².